The van der Waals surface area contributed by atoms with E-state index in [2.05, 4.69) is 30.8 Å². The monoisotopic (exact) mass is 254 g/mol. The van der Waals surface area contributed by atoms with E-state index < -0.39 is 0 Å². The van der Waals surface area contributed by atoms with Crippen LogP contribution in [0.5, 0.6) is 5.88 Å². The minimum Gasteiger partial charge on any atom is -0.475 e. The summed E-state index contributed by atoms with van der Waals surface area (Å²) < 4.78 is 7.50. The lowest BCUT2D eigenvalue weighted by molar-refractivity contribution is 0.213. The second-order valence-corrected chi connectivity index (χ2v) is 4.41. The summed E-state index contributed by atoms with van der Waals surface area (Å²) in [4.78, 5) is 2.32. The van der Waals surface area contributed by atoms with Crippen molar-refractivity contribution in [3.63, 3.8) is 0 Å². The van der Waals surface area contributed by atoms with E-state index in [1.54, 1.807) is 4.68 Å². The fraction of sp³-hybridized carbons (Fsp3) is 0.769. The lowest BCUT2D eigenvalue weighted by Crippen LogP contribution is -2.28. The number of anilines is 1. The van der Waals surface area contributed by atoms with Crippen molar-refractivity contribution in [2.45, 2.75) is 33.6 Å². The van der Waals surface area contributed by atoms with E-state index in [0.29, 0.717) is 18.2 Å². The molecule has 1 rings (SSSR count). The van der Waals surface area contributed by atoms with Crippen LogP contribution in [0.25, 0.3) is 0 Å². The maximum atomic E-state index is 6.05. The fourth-order valence-corrected chi connectivity index (χ4v) is 1.98. The predicted molar refractivity (Wildman–Crippen MR) is 74.9 cm³/mol. The van der Waals surface area contributed by atoms with Crippen LogP contribution in [-0.4, -0.2) is 40.9 Å². The van der Waals surface area contributed by atoms with Crippen LogP contribution in [0.3, 0.4) is 0 Å². The number of nitrogen functional groups attached to an aromatic ring is 1. The number of hydrogen-bond acceptors (Lipinski definition) is 4. The largest absolute Gasteiger partial charge is 0.475 e. The summed E-state index contributed by atoms with van der Waals surface area (Å²) in [6.45, 7) is 10.1. The number of hydrogen-bond donors (Lipinski definition) is 1. The van der Waals surface area contributed by atoms with E-state index in [0.717, 1.165) is 38.2 Å². The van der Waals surface area contributed by atoms with Crippen LogP contribution in [0.4, 0.5) is 5.69 Å². The third-order valence-corrected chi connectivity index (χ3v) is 3.13. The maximum Gasteiger partial charge on any atom is 0.235 e. The van der Waals surface area contributed by atoms with E-state index in [1.807, 2.05) is 7.05 Å². The van der Waals surface area contributed by atoms with Crippen LogP contribution in [-0.2, 0) is 13.5 Å². The molecule has 104 valence electrons. The summed E-state index contributed by atoms with van der Waals surface area (Å²) >= 11 is 0. The average Bonchev–Trinajstić information content (AvgIpc) is 2.62. The second-order valence-electron chi connectivity index (χ2n) is 4.41. The smallest absolute Gasteiger partial charge is 0.235 e. The number of rotatable bonds is 8. The molecule has 18 heavy (non-hydrogen) atoms. The Hall–Kier alpha value is -1.23. The van der Waals surface area contributed by atoms with E-state index in [9.17, 15) is 0 Å². The van der Waals surface area contributed by atoms with Gasteiger partial charge in [-0.1, -0.05) is 27.2 Å². The molecule has 0 fully saturated rings. The first kappa shape index (κ1) is 14.8. The van der Waals surface area contributed by atoms with Gasteiger partial charge in [0.05, 0.1) is 5.69 Å². The van der Waals surface area contributed by atoms with Crippen molar-refractivity contribution in [2.24, 2.45) is 7.05 Å². The van der Waals surface area contributed by atoms with Gasteiger partial charge in [-0.25, -0.2) is 4.68 Å². The van der Waals surface area contributed by atoms with E-state index in [1.165, 1.54) is 0 Å². The van der Waals surface area contributed by atoms with Crippen molar-refractivity contribution in [3.05, 3.63) is 5.69 Å². The topological polar surface area (TPSA) is 56.3 Å². The van der Waals surface area contributed by atoms with Gasteiger partial charge in [-0.3, -0.25) is 0 Å². The third-order valence-electron chi connectivity index (χ3n) is 3.13. The van der Waals surface area contributed by atoms with Crippen LogP contribution >= 0.6 is 0 Å². The molecule has 0 spiro atoms. The highest BCUT2D eigenvalue weighted by atomic mass is 16.5. The molecule has 0 saturated carbocycles. The molecular weight excluding hydrogens is 228 g/mol. The molecule has 0 amide bonds. The Balaban J connectivity index is 2.56. The summed E-state index contributed by atoms with van der Waals surface area (Å²) in [6, 6.07) is 0. The Morgan fingerprint density at radius 2 is 1.94 bits per heavy atom. The average molecular weight is 254 g/mol. The van der Waals surface area contributed by atoms with E-state index in [4.69, 9.17) is 10.5 Å². The van der Waals surface area contributed by atoms with Crippen molar-refractivity contribution in [1.82, 2.24) is 14.7 Å². The van der Waals surface area contributed by atoms with E-state index >= 15 is 0 Å². The van der Waals surface area contributed by atoms with Crippen molar-refractivity contribution in [1.29, 1.82) is 0 Å². The normalized spacial score (nSPS) is 11.2. The zero-order chi connectivity index (χ0) is 13.5. The minimum atomic E-state index is 0.650. The molecule has 1 aromatic heterocycles. The Morgan fingerprint density at radius 3 is 2.50 bits per heavy atom. The Kier molecular flexibility index (Phi) is 5.98. The first-order valence-corrected chi connectivity index (χ1v) is 6.80. The van der Waals surface area contributed by atoms with Crippen LogP contribution in [0.2, 0.25) is 0 Å². The van der Waals surface area contributed by atoms with Crippen molar-refractivity contribution >= 4 is 5.69 Å². The van der Waals surface area contributed by atoms with Crippen molar-refractivity contribution < 1.29 is 4.74 Å². The van der Waals surface area contributed by atoms with Gasteiger partial charge < -0.3 is 15.4 Å². The lowest BCUT2D eigenvalue weighted by Gasteiger charge is -2.18. The number of aryl methyl sites for hydroxylation is 2. The molecule has 0 aliphatic heterocycles. The number of aromatic nitrogens is 2. The molecule has 0 aliphatic carbocycles. The third kappa shape index (κ3) is 3.63. The molecule has 2 N–H and O–H groups in total. The van der Waals surface area contributed by atoms with Crippen LogP contribution < -0.4 is 10.5 Å². The Morgan fingerprint density at radius 1 is 1.28 bits per heavy atom. The Bertz CT molecular complexity index is 358. The van der Waals surface area contributed by atoms with Gasteiger partial charge in [-0.2, -0.15) is 5.10 Å². The van der Waals surface area contributed by atoms with Gasteiger partial charge in [0.1, 0.15) is 12.3 Å². The van der Waals surface area contributed by atoms with Gasteiger partial charge in [0.15, 0.2) is 0 Å². The molecule has 5 heteroatoms. The van der Waals surface area contributed by atoms with Crippen LogP contribution in [0, 0.1) is 0 Å². The van der Waals surface area contributed by atoms with Crippen molar-refractivity contribution in [3.8, 4) is 5.88 Å². The molecular formula is C13H26N4O. The summed E-state index contributed by atoms with van der Waals surface area (Å²) in [5, 5.41) is 4.39. The van der Waals surface area contributed by atoms with Gasteiger partial charge in [-0.05, 0) is 19.5 Å². The van der Waals surface area contributed by atoms with E-state index in [-0.39, 0.29) is 0 Å². The van der Waals surface area contributed by atoms with Crippen LogP contribution in [0.1, 0.15) is 32.9 Å². The second kappa shape index (κ2) is 7.26. The van der Waals surface area contributed by atoms with Gasteiger partial charge in [0.25, 0.3) is 0 Å². The molecule has 0 saturated heterocycles. The van der Waals surface area contributed by atoms with Crippen LogP contribution in [0.15, 0.2) is 0 Å². The quantitative estimate of drug-likeness (QED) is 0.767. The molecule has 1 aromatic rings. The molecule has 0 radical (unpaired) electrons. The summed E-state index contributed by atoms with van der Waals surface area (Å²) in [5.74, 6) is 0.700. The zero-order valence-corrected chi connectivity index (χ0v) is 12.1. The number of nitrogens with two attached hydrogens (primary N) is 1. The highest BCUT2D eigenvalue weighted by Crippen LogP contribution is 2.25. The molecule has 0 atom stereocenters. The van der Waals surface area contributed by atoms with Gasteiger partial charge in [0, 0.05) is 13.6 Å². The molecule has 1 heterocycles. The van der Waals surface area contributed by atoms with Gasteiger partial charge >= 0.3 is 0 Å². The highest BCUT2D eigenvalue weighted by Gasteiger charge is 2.13. The minimum absolute atomic E-state index is 0.650. The highest BCUT2D eigenvalue weighted by molar-refractivity contribution is 5.53. The summed E-state index contributed by atoms with van der Waals surface area (Å²) in [5.41, 5.74) is 7.69. The van der Waals surface area contributed by atoms with Gasteiger partial charge in [0.2, 0.25) is 5.88 Å². The molecule has 0 aliphatic rings. The number of ether oxygens (including phenoxy) is 1. The first-order chi connectivity index (χ1) is 8.63. The number of likely N-dealkylation sites (N-methyl/N-ethyl adjacent to an activating group) is 1. The standard InChI is InChI=1S/C13H26N4O/c1-5-8-11-12(14)13(16(4)15-11)18-10-9-17(6-2)7-3/h5-10,14H2,1-4H3. The number of nitrogens with zero attached hydrogens (tertiary/aromatic N) is 3. The van der Waals surface area contributed by atoms with Crippen molar-refractivity contribution in [2.75, 3.05) is 32.0 Å². The molecule has 0 bridgehead atoms. The Labute approximate surface area is 110 Å². The zero-order valence-electron chi connectivity index (χ0n) is 12.1. The molecule has 0 unspecified atom stereocenters. The SMILES string of the molecule is CCCc1nn(C)c(OCCN(CC)CC)c1N. The molecule has 0 aromatic carbocycles. The summed E-state index contributed by atoms with van der Waals surface area (Å²) in [7, 11) is 1.88. The predicted octanol–water partition coefficient (Wildman–Crippen LogP) is 1.68. The fourth-order valence-electron chi connectivity index (χ4n) is 1.98. The first-order valence-electron chi connectivity index (χ1n) is 6.80. The lowest BCUT2D eigenvalue weighted by atomic mass is 10.2. The molecule has 5 nitrogen and oxygen atoms in total. The summed E-state index contributed by atoms with van der Waals surface area (Å²) in [6.07, 6.45) is 1.94. The van der Waals surface area contributed by atoms with Gasteiger partial charge in [-0.15, -0.1) is 0 Å². The maximum absolute atomic E-state index is 6.05.